The molecule has 2 heteroatoms. The Bertz CT molecular complexity index is 252. The first-order valence-electron chi connectivity index (χ1n) is 7.65. The van der Waals surface area contributed by atoms with Crippen LogP contribution in [0.3, 0.4) is 0 Å². The van der Waals surface area contributed by atoms with Crippen molar-refractivity contribution in [3.8, 4) is 0 Å². The molecule has 18 heavy (non-hydrogen) atoms. The third kappa shape index (κ3) is 5.09. The fraction of sp³-hybridized carbons (Fsp3) is 0.938. The van der Waals surface area contributed by atoms with Crippen LogP contribution in [0.4, 0.5) is 0 Å². The van der Waals surface area contributed by atoms with E-state index >= 15 is 0 Å². The van der Waals surface area contributed by atoms with Gasteiger partial charge in [-0.25, -0.2) is 0 Å². The topological polar surface area (TPSA) is 43.1 Å². The number of hydrogen-bond acceptors (Lipinski definition) is 2. The van der Waals surface area contributed by atoms with Gasteiger partial charge in [0.25, 0.3) is 0 Å². The number of hydrogen-bond donors (Lipinski definition) is 1. The lowest BCUT2D eigenvalue weighted by Gasteiger charge is -2.31. The minimum absolute atomic E-state index is 0.310. The molecule has 0 aromatic rings. The Kier molecular flexibility index (Phi) is 6.34. The van der Waals surface area contributed by atoms with Crippen LogP contribution in [0.25, 0.3) is 0 Å². The van der Waals surface area contributed by atoms with E-state index in [-0.39, 0.29) is 0 Å². The van der Waals surface area contributed by atoms with Crippen LogP contribution in [0.15, 0.2) is 0 Å². The third-order valence-corrected chi connectivity index (χ3v) is 4.26. The van der Waals surface area contributed by atoms with Crippen molar-refractivity contribution in [2.45, 2.75) is 59.8 Å². The molecule has 1 aliphatic rings. The lowest BCUT2D eigenvalue weighted by atomic mass is 9.73. The predicted molar refractivity (Wildman–Crippen MR) is 77.3 cm³/mol. The average molecular weight is 253 g/mol. The van der Waals surface area contributed by atoms with Crippen LogP contribution in [0, 0.1) is 29.6 Å². The number of carbonyl (C=O) groups excluding carboxylic acids is 1. The molecule has 0 radical (unpaired) electrons. The van der Waals surface area contributed by atoms with E-state index in [1.54, 1.807) is 0 Å². The summed E-state index contributed by atoms with van der Waals surface area (Å²) in [6.07, 6.45) is 5.28. The van der Waals surface area contributed by atoms with Crippen molar-refractivity contribution in [1.82, 2.24) is 0 Å². The summed E-state index contributed by atoms with van der Waals surface area (Å²) in [6.45, 7) is 9.63. The Morgan fingerprint density at radius 1 is 1.17 bits per heavy atom. The maximum atomic E-state index is 12.4. The quantitative estimate of drug-likeness (QED) is 0.785. The fourth-order valence-electron chi connectivity index (χ4n) is 3.59. The predicted octanol–water partition coefficient (Wildman–Crippen LogP) is 3.64. The minimum atomic E-state index is 0.310. The summed E-state index contributed by atoms with van der Waals surface area (Å²) in [6, 6.07) is 0. The Morgan fingerprint density at radius 2 is 1.72 bits per heavy atom. The highest BCUT2D eigenvalue weighted by atomic mass is 16.1. The normalized spacial score (nSPS) is 30.4. The molecule has 1 fully saturated rings. The largest absolute Gasteiger partial charge is 0.330 e. The second kappa shape index (κ2) is 7.28. The van der Waals surface area contributed by atoms with E-state index in [9.17, 15) is 4.79 Å². The summed E-state index contributed by atoms with van der Waals surface area (Å²) in [7, 11) is 0. The van der Waals surface area contributed by atoms with Crippen LogP contribution >= 0.6 is 0 Å². The molecule has 0 spiro atoms. The van der Waals surface area contributed by atoms with Gasteiger partial charge < -0.3 is 5.73 Å². The van der Waals surface area contributed by atoms with Gasteiger partial charge in [-0.2, -0.15) is 0 Å². The van der Waals surface area contributed by atoms with E-state index < -0.39 is 0 Å². The molecule has 3 atom stereocenters. The van der Waals surface area contributed by atoms with Crippen LogP contribution in [-0.4, -0.2) is 12.3 Å². The minimum Gasteiger partial charge on any atom is -0.330 e. The highest BCUT2D eigenvalue weighted by molar-refractivity contribution is 5.81. The zero-order chi connectivity index (χ0) is 13.7. The van der Waals surface area contributed by atoms with Gasteiger partial charge in [-0.05, 0) is 55.9 Å². The van der Waals surface area contributed by atoms with Gasteiger partial charge in [0.15, 0.2) is 0 Å². The highest BCUT2D eigenvalue weighted by Crippen LogP contribution is 2.34. The first kappa shape index (κ1) is 15.7. The lowest BCUT2D eigenvalue weighted by molar-refractivity contribution is -0.125. The van der Waals surface area contributed by atoms with E-state index in [0.717, 1.165) is 19.3 Å². The first-order valence-corrected chi connectivity index (χ1v) is 7.65. The number of carbonyl (C=O) groups is 1. The fourth-order valence-corrected chi connectivity index (χ4v) is 3.59. The van der Waals surface area contributed by atoms with Crippen molar-refractivity contribution in [3.05, 3.63) is 0 Å². The summed E-state index contributed by atoms with van der Waals surface area (Å²) in [5, 5.41) is 0. The van der Waals surface area contributed by atoms with E-state index in [4.69, 9.17) is 5.73 Å². The molecule has 0 aromatic heterocycles. The Hall–Kier alpha value is -0.370. The maximum Gasteiger partial charge on any atom is 0.136 e. The Morgan fingerprint density at radius 3 is 2.17 bits per heavy atom. The molecule has 0 heterocycles. The molecule has 0 aromatic carbocycles. The van der Waals surface area contributed by atoms with Crippen LogP contribution in [0.5, 0.6) is 0 Å². The molecule has 2 nitrogen and oxygen atoms in total. The van der Waals surface area contributed by atoms with Gasteiger partial charge in [-0.15, -0.1) is 0 Å². The Balaban J connectivity index is 2.47. The smallest absolute Gasteiger partial charge is 0.136 e. The zero-order valence-corrected chi connectivity index (χ0v) is 12.6. The van der Waals surface area contributed by atoms with Crippen LogP contribution < -0.4 is 5.73 Å². The van der Waals surface area contributed by atoms with Crippen molar-refractivity contribution in [1.29, 1.82) is 0 Å². The van der Waals surface area contributed by atoms with Gasteiger partial charge in [0, 0.05) is 12.3 Å². The zero-order valence-electron chi connectivity index (χ0n) is 12.6. The molecule has 0 bridgehead atoms. The second-order valence-electron chi connectivity index (χ2n) is 7.02. The molecule has 2 N–H and O–H groups in total. The molecule has 106 valence electrons. The summed E-state index contributed by atoms with van der Waals surface area (Å²) >= 11 is 0. The number of nitrogens with two attached hydrogens (primary N) is 1. The molecule has 1 rings (SSSR count). The Labute approximate surface area is 113 Å². The van der Waals surface area contributed by atoms with E-state index in [1.165, 1.54) is 6.42 Å². The van der Waals surface area contributed by atoms with Crippen molar-refractivity contribution >= 4 is 5.78 Å². The van der Waals surface area contributed by atoms with E-state index in [1.807, 2.05) is 0 Å². The maximum absolute atomic E-state index is 12.4. The second-order valence-corrected chi connectivity index (χ2v) is 7.02. The van der Waals surface area contributed by atoms with Crippen molar-refractivity contribution < 1.29 is 4.79 Å². The van der Waals surface area contributed by atoms with Crippen LogP contribution in [-0.2, 0) is 4.79 Å². The molecular weight excluding hydrogens is 222 g/mol. The van der Waals surface area contributed by atoms with Crippen molar-refractivity contribution in [3.63, 3.8) is 0 Å². The number of rotatable bonds is 6. The summed E-state index contributed by atoms with van der Waals surface area (Å²) < 4.78 is 0. The lowest BCUT2D eigenvalue weighted by Crippen LogP contribution is -2.29. The summed E-state index contributed by atoms with van der Waals surface area (Å²) in [5.41, 5.74) is 5.80. The number of Topliss-reactive ketones (excluding diaryl/α,β-unsaturated/α-hetero) is 1. The first-order chi connectivity index (χ1) is 8.42. The van der Waals surface area contributed by atoms with Crippen LogP contribution in [0.1, 0.15) is 59.8 Å². The standard InChI is InChI=1S/C16H31NO/c1-11(2)5-14(10-17)9-16(18)15-7-12(3)6-13(4)8-15/h11-15H,5-10,17H2,1-4H3. The van der Waals surface area contributed by atoms with Gasteiger partial charge in [-0.1, -0.05) is 27.7 Å². The van der Waals surface area contributed by atoms with Gasteiger partial charge >= 0.3 is 0 Å². The molecule has 0 amide bonds. The van der Waals surface area contributed by atoms with Gasteiger partial charge in [-0.3, -0.25) is 4.79 Å². The van der Waals surface area contributed by atoms with Gasteiger partial charge in [0.2, 0.25) is 0 Å². The van der Waals surface area contributed by atoms with E-state index in [0.29, 0.717) is 48.3 Å². The molecule has 1 aliphatic carbocycles. The third-order valence-electron chi connectivity index (χ3n) is 4.26. The summed E-state index contributed by atoms with van der Waals surface area (Å²) in [5.74, 6) is 3.24. The number of ketones is 1. The van der Waals surface area contributed by atoms with E-state index in [2.05, 4.69) is 27.7 Å². The van der Waals surface area contributed by atoms with Crippen molar-refractivity contribution in [2.24, 2.45) is 35.3 Å². The van der Waals surface area contributed by atoms with Gasteiger partial charge in [0.1, 0.15) is 5.78 Å². The van der Waals surface area contributed by atoms with Gasteiger partial charge in [0.05, 0.1) is 0 Å². The molecular formula is C16H31NO. The SMILES string of the molecule is CC(C)CC(CN)CC(=O)C1CC(C)CC(C)C1. The molecule has 0 aliphatic heterocycles. The molecule has 1 saturated carbocycles. The van der Waals surface area contributed by atoms with Crippen molar-refractivity contribution in [2.75, 3.05) is 6.54 Å². The molecule has 0 saturated heterocycles. The summed E-state index contributed by atoms with van der Waals surface area (Å²) in [4.78, 5) is 12.4. The van der Waals surface area contributed by atoms with Crippen LogP contribution in [0.2, 0.25) is 0 Å². The average Bonchev–Trinajstić information content (AvgIpc) is 2.26. The molecule has 3 unspecified atom stereocenters. The monoisotopic (exact) mass is 253 g/mol. The highest BCUT2D eigenvalue weighted by Gasteiger charge is 2.29.